The first-order chi connectivity index (χ1) is 5.57. The second-order valence-electron chi connectivity index (χ2n) is 3.69. The number of alkyl halides is 2. The standard InChI is InChI=1S/C8H12F2O2/c1-5-2-3-6-7(4-5)12-8(9,10)11-6/h5-7H,2-4H2,1H3. The predicted molar refractivity (Wildman–Crippen MR) is 37.7 cm³/mol. The topological polar surface area (TPSA) is 18.5 Å². The van der Waals surface area contributed by atoms with Crippen molar-refractivity contribution in [1.82, 2.24) is 0 Å². The van der Waals surface area contributed by atoms with Crippen molar-refractivity contribution < 1.29 is 18.3 Å². The van der Waals surface area contributed by atoms with Gasteiger partial charge in [0.05, 0.1) is 12.2 Å². The largest absolute Gasteiger partial charge is 0.486 e. The van der Waals surface area contributed by atoms with Crippen LogP contribution in [0.3, 0.4) is 0 Å². The lowest BCUT2D eigenvalue weighted by Gasteiger charge is -2.25. The second kappa shape index (κ2) is 2.64. The summed E-state index contributed by atoms with van der Waals surface area (Å²) in [6.07, 6.45) is -1.75. The molecule has 1 saturated carbocycles. The normalized spacial score (nSPS) is 45.8. The summed E-state index contributed by atoms with van der Waals surface area (Å²) in [7, 11) is 0. The van der Waals surface area contributed by atoms with E-state index >= 15 is 0 Å². The zero-order valence-electron chi connectivity index (χ0n) is 6.93. The van der Waals surface area contributed by atoms with Crippen LogP contribution in [-0.4, -0.2) is 18.5 Å². The first-order valence-corrected chi connectivity index (χ1v) is 4.30. The minimum absolute atomic E-state index is 0.379. The van der Waals surface area contributed by atoms with Crippen LogP contribution < -0.4 is 0 Å². The molecule has 0 aromatic rings. The maximum absolute atomic E-state index is 12.5. The zero-order valence-corrected chi connectivity index (χ0v) is 6.93. The van der Waals surface area contributed by atoms with Crippen LogP contribution >= 0.6 is 0 Å². The van der Waals surface area contributed by atoms with E-state index in [2.05, 4.69) is 16.4 Å². The molecule has 2 rings (SSSR count). The zero-order chi connectivity index (χ0) is 8.77. The lowest BCUT2D eigenvalue weighted by molar-refractivity contribution is -0.351. The molecule has 4 heteroatoms. The van der Waals surface area contributed by atoms with Crippen molar-refractivity contribution in [2.24, 2.45) is 5.92 Å². The third-order valence-electron chi connectivity index (χ3n) is 2.57. The quantitative estimate of drug-likeness (QED) is 0.565. The fraction of sp³-hybridized carbons (Fsp3) is 1.00. The molecular weight excluding hydrogens is 166 g/mol. The van der Waals surface area contributed by atoms with Crippen LogP contribution in [0.5, 0.6) is 0 Å². The molecule has 0 radical (unpaired) electrons. The smallest absolute Gasteiger partial charge is 0.290 e. The molecule has 2 fully saturated rings. The first-order valence-electron chi connectivity index (χ1n) is 4.30. The van der Waals surface area contributed by atoms with Crippen molar-refractivity contribution in [2.45, 2.75) is 44.7 Å². The van der Waals surface area contributed by atoms with Gasteiger partial charge in [0.1, 0.15) is 0 Å². The fourth-order valence-corrected chi connectivity index (χ4v) is 1.94. The summed E-state index contributed by atoms with van der Waals surface area (Å²) in [5.41, 5.74) is 0. The Morgan fingerprint density at radius 2 is 1.83 bits per heavy atom. The highest BCUT2D eigenvalue weighted by Crippen LogP contribution is 2.40. The average molecular weight is 178 g/mol. The number of fused-ring (bicyclic) bond motifs is 1. The van der Waals surface area contributed by atoms with Gasteiger partial charge in [-0.3, -0.25) is 9.47 Å². The van der Waals surface area contributed by atoms with E-state index in [1.807, 2.05) is 0 Å². The lowest BCUT2D eigenvalue weighted by Crippen LogP contribution is -2.29. The van der Waals surface area contributed by atoms with Crippen molar-refractivity contribution in [2.75, 3.05) is 0 Å². The highest BCUT2D eigenvalue weighted by Gasteiger charge is 2.50. The van der Waals surface area contributed by atoms with E-state index in [9.17, 15) is 8.78 Å². The number of rotatable bonds is 0. The third kappa shape index (κ3) is 1.45. The third-order valence-corrected chi connectivity index (χ3v) is 2.57. The van der Waals surface area contributed by atoms with Gasteiger partial charge in [0.15, 0.2) is 0 Å². The van der Waals surface area contributed by atoms with Gasteiger partial charge >= 0.3 is 6.29 Å². The van der Waals surface area contributed by atoms with Crippen LogP contribution in [0.25, 0.3) is 0 Å². The molecule has 2 nitrogen and oxygen atoms in total. The molecule has 2 aliphatic rings. The maximum atomic E-state index is 12.5. The Morgan fingerprint density at radius 1 is 1.17 bits per heavy atom. The molecule has 0 spiro atoms. The molecule has 1 heterocycles. The van der Waals surface area contributed by atoms with Crippen molar-refractivity contribution in [3.8, 4) is 0 Å². The average Bonchev–Trinajstić information content (AvgIpc) is 2.21. The molecule has 1 saturated heterocycles. The van der Waals surface area contributed by atoms with Crippen LogP contribution in [0.15, 0.2) is 0 Å². The fourth-order valence-electron chi connectivity index (χ4n) is 1.94. The Labute approximate surface area is 69.8 Å². The van der Waals surface area contributed by atoms with Crippen LogP contribution in [0.1, 0.15) is 26.2 Å². The molecule has 70 valence electrons. The Kier molecular flexibility index (Phi) is 1.84. The highest BCUT2D eigenvalue weighted by atomic mass is 19.3. The van der Waals surface area contributed by atoms with Crippen LogP contribution in [0, 0.1) is 5.92 Å². The first kappa shape index (κ1) is 8.38. The summed E-state index contributed by atoms with van der Waals surface area (Å²) in [6.45, 7) is 2.05. The van der Waals surface area contributed by atoms with E-state index in [1.165, 1.54) is 0 Å². The van der Waals surface area contributed by atoms with Gasteiger partial charge in [-0.15, -0.1) is 8.78 Å². The monoisotopic (exact) mass is 178 g/mol. The molecule has 12 heavy (non-hydrogen) atoms. The molecule has 0 N–H and O–H groups in total. The molecule has 3 atom stereocenters. The van der Waals surface area contributed by atoms with Gasteiger partial charge in [0.2, 0.25) is 0 Å². The summed E-state index contributed by atoms with van der Waals surface area (Å²) in [5.74, 6) is 0.476. The SMILES string of the molecule is CC1CCC2OC(F)(F)OC2C1. The van der Waals surface area contributed by atoms with E-state index in [-0.39, 0.29) is 12.2 Å². The minimum atomic E-state index is -3.33. The van der Waals surface area contributed by atoms with Gasteiger partial charge in [-0.2, -0.15) is 0 Å². The second-order valence-corrected chi connectivity index (χ2v) is 3.69. The van der Waals surface area contributed by atoms with E-state index < -0.39 is 6.29 Å². The molecular formula is C8H12F2O2. The minimum Gasteiger partial charge on any atom is -0.290 e. The van der Waals surface area contributed by atoms with Crippen molar-refractivity contribution in [3.63, 3.8) is 0 Å². The van der Waals surface area contributed by atoms with Crippen LogP contribution in [-0.2, 0) is 9.47 Å². The van der Waals surface area contributed by atoms with Crippen molar-refractivity contribution >= 4 is 0 Å². The summed E-state index contributed by atoms with van der Waals surface area (Å²) in [5, 5.41) is 0. The number of hydrogen-bond donors (Lipinski definition) is 0. The number of hydrogen-bond acceptors (Lipinski definition) is 2. The van der Waals surface area contributed by atoms with Crippen LogP contribution in [0.2, 0.25) is 0 Å². The summed E-state index contributed by atoms with van der Waals surface area (Å²) >= 11 is 0. The summed E-state index contributed by atoms with van der Waals surface area (Å²) in [6, 6.07) is 0. The van der Waals surface area contributed by atoms with E-state index in [4.69, 9.17) is 0 Å². The molecule has 1 aliphatic heterocycles. The van der Waals surface area contributed by atoms with Gasteiger partial charge in [-0.05, 0) is 25.2 Å². The number of halogens is 2. The Morgan fingerprint density at radius 3 is 2.58 bits per heavy atom. The van der Waals surface area contributed by atoms with Crippen molar-refractivity contribution in [3.05, 3.63) is 0 Å². The highest BCUT2D eigenvalue weighted by molar-refractivity contribution is 4.84. The van der Waals surface area contributed by atoms with Gasteiger partial charge in [0, 0.05) is 0 Å². The molecule has 0 bridgehead atoms. The van der Waals surface area contributed by atoms with E-state index in [0.717, 1.165) is 6.42 Å². The Bertz CT molecular complexity index is 184. The number of ether oxygens (including phenoxy) is 2. The van der Waals surface area contributed by atoms with Crippen LogP contribution in [0.4, 0.5) is 8.78 Å². The van der Waals surface area contributed by atoms with Gasteiger partial charge in [-0.25, -0.2) is 0 Å². The van der Waals surface area contributed by atoms with Crippen molar-refractivity contribution in [1.29, 1.82) is 0 Å². The predicted octanol–water partition coefficient (Wildman–Crippen LogP) is 2.14. The Hall–Kier alpha value is -0.220. The van der Waals surface area contributed by atoms with Gasteiger partial charge in [-0.1, -0.05) is 6.92 Å². The Balaban J connectivity index is 2.02. The lowest BCUT2D eigenvalue weighted by atomic mass is 9.87. The van der Waals surface area contributed by atoms with E-state index in [0.29, 0.717) is 18.8 Å². The van der Waals surface area contributed by atoms with Gasteiger partial charge in [0.25, 0.3) is 0 Å². The molecule has 1 aliphatic carbocycles. The van der Waals surface area contributed by atoms with Gasteiger partial charge < -0.3 is 0 Å². The molecule has 0 aromatic carbocycles. The molecule has 0 amide bonds. The molecule has 3 unspecified atom stereocenters. The molecule has 0 aromatic heterocycles. The maximum Gasteiger partial charge on any atom is 0.486 e. The van der Waals surface area contributed by atoms with E-state index in [1.54, 1.807) is 0 Å². The summed E-state index contributed by atoms with van der Waals surface area (Å²) < 4.78 is 34.0. The summed E-state index contributed by atoms with van der Waals surface area (Å²) in [4.78, 5) is 0.